The van der Waals surface area contributed by atoms with E-state index in [0.717, 1.165) is 15.8 Å². The number of hydrogen-bond acceptors (Lipinski definition) is 2. The fourth-order valence-electron chi connectivity index (χ4n) is 2.42. The third kappa shape index (κ3) is 2.16. The highest BCUT2D eigenvalue weighted by atomic mass is 79.9. The van der Waals surface area contributed by atoms with Crippen molar-refractivity contribution in [2.45, 2.75) is 18.6 Å². The molecule has 1 aliphatic heterocycles. The van der Waals surface area contributed by atoms with Gasteiger partial charge in [-0.05, 0) is 23.8 Å². The number of ether oxygens (including phenoxy) is 1. The third-order valence-corrected chi connectivity index (χ3v) is 3.74. The normalized spacial score (nSPS) is 22.1. The molecule has 2 aromatic rings. The predicted octanol–water partition coefficient (Wildman–Crippen LogP) is 3.68. The lowest BCUT2D eigenvalue weighted by Gasteiger charge is -2.30. The minimum Gasteiger partial charge on any atom is -0.465 e. The first kappa shape index (κ1) is 11.8. The van der Waals surface area contributed by atoms with E-state index in [-0.39, 0.29) is 5.92 Å². The van der Waals surface area contributed by atoms with Crippen LogP contribution in [0.2, 0.25) is 0 Å². The molecule has 0 aliphatic carbocycles. The summed E-state index contributed by atoms with van der Waals surface area (Å²) >= 11 is 3.49. The van der Waals surface area contributed by atoms with Crippen molar-refractivity contribution < 1.29 is 9.84 Å². The zero-order chi connectivity index (χ0) is 12.5. The molecular formula is C15H13BrO2. The Balaban J connectivity index is 2.09. The number of rotatable bonds is 1. The van der Waals surface area contributed by atoms with E-state index in [0.29, 0.717) is 6.42 Å². The minimum atomic E-state index is -0.733. The van der Waals surface area contributed by atoms with E-state index in [1.807, 2.05) is 30.3 Å². The summed E-state index contributed by atoms with van der Waals surface area (Å²) < 4.78 is 6.50. The van der Waals surface area contributed by atoms with Crippen LogP contribution in [-0.4, -0.2) is 11.4 Å². The van der Waals surface area contributed by atoms with Crippen LogP contribution in [0.15, 0.2) is 53.0 Å². The Bertz CT molecular complexity index is 554. The van der Waals surface area contributed by atoms with Gasteiger partial charge in [0.05, 0.1) is 0 Å². The highest BCUT2D eigenvalue weighted by Crippen LogP contribution is 2.40. The van der Waals surface area contributed by atoms with E-state index in [2.05, 4.69) is 34.1 Å². The van der Waals surface area contributed by atoms with Gasteiger partial charge in [-0.1, -0.05) is 46.3 Å². The van der Waals surface area contributed by atoms with E-state index >= 15 is 0 Å². The predicted molar refractivity (Wildman–Crippen MR) is 73.7 cm³/mol. The molecule has 0 saturated heterocycles. The lowest BCUT2D eigenvalue weighted by molar-refractivity contribution is -0.0359. The molecule has 2 nitrogen and oxygen atoms in total. The molecule has 0 unspecified atom stereocenters. The molecule has 1 N–H and O–H groups in total. The molecule has 0 radical (unpaired) electrons. The van der Waals surface area contributed by atoms with Gasteiger partial charge in [-0.3, -0.25) is 0 Å². The van der Waals surface area contributed by atoms with Gasteiger partial charge in [0.2, 0.25) is 0 Å². The monoisotopic (exact) mass is 304 g/mol. The highest BCUT2D eigenvalue weighted by molar-refractivity contribution is 9.10. The zero-order valence-corrected chi connectivity index (χ0v) is 11.3. The number of benzene rings is 2. The van der Waals surface area contributed by atoms with Crippen molar-refractivity contribution in [1.82, 2.24) is 0 Å². The van der Waals surface area contributed by atoms with Gasteiger partial charge in [0, 0.05) is 22.4 Å². The van der Waals surface area contributed by atoms with Crippen LogP contribution < -0.4 is 4.74 Å². The van der Waals surface area contributed by atoms with Gasteiger partial charge in [0.15, 0.2) is 6.29 Å². The molecule has 0 aromatic heterocycles. The molecule has 0 saturated carbocycles. The molecule has 0 amide bonds. The largest absolute Gasteiger partial charge is 0.465 e. The van der Waals surface area contributed by atoms with Crippen molar-refractivity contribution in [1.29, 1.82) is 0 Å². The average molecular weight is 305 g/mol. The molecule has 1 aliphatic rings. The second-order valence-electron chi connectivity index (χ2n) is 4.45. The molecule has 3 heteroatoms. The van der Waals surface area contributed by atoms with E-state index in [4.69, 9.17) is 4.74 Å². The number of hydrogen-bond donors (Lipinski definition) is 1. The molecular weight excluding hydrogens is 292 g/mol. The maximum Gasteiger partial charge on any atom is 0.198 e. The van der Waals surface area contributed by atoms with Crippen LogP contribution in [0.5, 0.6) is 5.75 Å². The van der Waals surface area contributed by atoms with Gasteiger partial charge in [0.25, 0.3) is 0 Å². The first-order chi connectivity index (χ1) is 8.74. The van der Waals surface area contributed by atoms with Crippen molar-refractivity contribution in [3.8, 4) is 5.75 Å². The lowest BCUT2D eigenvalue weighted by atomic mass is 9.86. The standard InChI is InChI=1S/C15H13BrO2/c16-11-6-7-14-13(8-11)12(9-15(17)18-14)10-4-2-1-3-5-10/h1-8,12,15,17H,9H2/t12-,15+/m0/s1. The van der Waals surface area contributed by atoms with Crippen molar-refractivity contribution >= 4 is 15.9 Å². The first-order valence-electron chi connectivity index (χ1n) is 5.93. The SMILES string of the molecule is O[C@H]1C[C@@H](c2ccccc2)c2cc(Br)ccc2O1. The van der Waals surface area contributed by atoms with Gasteiger partial charge >= 0.3 is 0 Å². The molecule has 3 rings (SSSR count). The number of fused-ring (bicyclic) bond motifs is 1. The van der Waals surface area contributed by atoms with Gasteiger partial charge in [-0.15, -0.1) is 0 Å². The van der Waals surface area contributed by atoms with E-state index in [1.54, 1.807) is 0 Å². The topological polar surface area (TPSA) is 29.5 Å². The second-order valence-corrected chi connectivity index (χ2v) is 5.37. The quantitative estimate of drug-likeness (QED) is 0.871. The molecule has 0 fully saturated rings. The van der Waals surface area contributed by atoms with E-state index in [1.165, 1.54) is 5.56 Å². The van der Waals surface area contributed by atoms with Crippen LogP contribution in [0, 0.1) is 0 Å². The van der Waals surface area contributed by atoms with Crippen molar-refractivity contribution in [2.75, 3.05) is 0 Å². The number of aliphatic hydroxyl groups excluding tert-OH is 1. The molecule has 92 valence electrons. The van der Waals surface area contributed by atoms with Gasteiger partial charge in [-0.25, -0.2) is 0 Å². The Labute approximate surface area is 114 Å². The second kappa shape index (κ2) is 4.75. The fraction of sp³-hybridized carbons (Fsp3) is 0.200. The molecule has 2 atom stereocenters. The highest BCUT2D eigenvalue weighted by Gasteiger charge is 2.28. The summed E-state index contributed by atoms with van der Waals surface area (Å²) in [6, 6.07) is 16.1. The molecule has 2 aromatic carbocycles. The summed E-state index contributed by atoms with van der Waals surface area (Å²) in [6.45, 7) is 0. The summed E-state index contributed by atoms with van der Waals surface area (Å²) in [4.78, 5) is 0. The number of halogens is 1. The van der Waals surface area contributed by atoms with Gasteiger partial charge < -0.3 is 9.84 Å². The van der Waals surface area contributed by atoms with Crippen LogP contribution in [0.4, 0.5) is 0 Å². The van der Waals surface area contributed by atoms with E-state index in [9.17, 15) is 5.11 Å². The lowest BCUT2D eigenvalue weighted by Crippen LogP contribution is -2.25. The maximum absolute atomic E-state index is 9.82. The summed E-state index contributed by atoms with van der Waals surface area (Å²) in [6.07, 6.45) is -0.142. The Kier molecular flexibility index (Phi) is 3.10. The summed E-state index contributed by atoms with van der Waals surface area (Å²) in [7, 11) is 0. The average Bonchev–Trinajstić information content (AvgIpc) is 2.39. The summed E-state index contributed by atoms with van der Waals surface area (Å²) in [5, 5.41) is 9.82. The third-order valence-electron chi connectivity index (χ3n) is 3.25. The fourth-order valence-corrected chi connectivity index (χ4v) is 2.80. The minimum absolute atomic E-state index is 0.183. The molecule has 0 bridgehead atoms. The molecule has 0 spiro atoms. The molecule has 1 heterocycles. The van der Waals surface area contributed by atoms with Crippen LogP contribution in [0.25, 0.3) is 0 Å². The summed E-state index contributed by atoms with van der Waals surface area (Å²) in [5.74, 6) is 0.952. The van der Waals surface area contributed by atoms with Crippen molar-refractivity contribution in [2.24, 2.45) is 0 Å². The van der Waals surface area contributed by atoms with Gasteiger partial charge in [-0.2, -0.15) is 0 Å². The Morgan fingerprint density at radius 1 is 1.11 bits per heavy atom. The first-order valence-corrected chi connectivity index (χ1v) is 6.72. The van der Waals surface area contributed by atoms with Gasteiger partial charge in [0.1, 0.15) is 5.75 Å². The Hall–Kier alpha value is -1.32. The number of aliphatic hydroxyl groups is 1. The maximum atomic E-state index is 9.82. The van der Waals surface area contributed by atoms with Crippen LogP contribution in [0.3, 0.4) is 0 Å². The van der Waals surface area contributed by atoms with Crippen molar-refractivity contribution in [3.05, 3.63) is 64.1 Å². The smallest absolute Gasteiger partial charge is 0.198 e. The Morgan fingerprint density at radius 3 is 2.67 bits per heavy atom. The zero-order valence-electron chi connectivity index (χ0n) is 9.71. The van der Waals surface area contributed by atoms with Crippen molar-refractivity contribution in [3.63, 3.8) is 0 Å². The van der Waals surface area contributed by atoms with Crippen LogP contribution >= 0.6 is 15.9 Å². The molecule has 18 heavy (non-hydrogen) atoms. The van der Waals surface area contributed by atoms with E-state index < -0.39 is 6.29 Å². The summed E-state index contributed by atoms with van der Waals surface area (Å²) in [5.41, 5.74) is 2.33. The Morgan fingerprint density at radius 2 is 1.89 bits per heavy atom. The van der Waals surface area contributed by atoms with Crippen LogP contribution in [0.1, 0.15) is 23.5 Å². The van der Waals surface area contributed by atoms with Crippen LogP contribution in [-0.2, 0) is 0 Å².